The second-order valence-electron chi connectivity index (χ2n) is 5.83. The Morgan fingerprint density at radius 2 is 1.83 bits per heavy atom. The Bertz CT molecular complexity index is 713. The van der Waals surface area contributed by atoms with Gasteiger partial charge in [0.1, 0.15) is 5.75 Å². The summed E-state index contributed by atoms with van der Waals surface area (Å²) in [5.41, 5.74) is 4.65. The highest BCUT2D eigenvalue weighted by atomic mass is 79.9. The Hall–Kier alpha value is -1.81. The van der Waals surface area contributed by atoms with Crippen molar-refractivity contribution in [3.8, 4) is 5.75 Å². The quantitative estimate of drug-likeness (QED) is 0.826. The first-order valence-electron chi connectivity index (χ1n) is 7.62. The van der Waals surface area contributed by atoms with Crippen LogP contribution in [0.3, 0.4) is 0 Å². The van der Waals surface area contributed by atoms with E-state index in [1.165, 1.54) is 11.1 Å². The Kier molecular flexibility index (Phi) is 5.83. The average molecular weight is 376 g/mol. The molecule has 0 saturated carbocycles. The number of hydrogen-bond donors (Lipinski definition) is 1. The predicted octanol–water partition coefficient (Wildman–Crippen LogP) is 4.63. The lowest BCUT2D eigenvalue weighted by molar-refractivity contribution is -0.123. The van der Waals surface area contributed by atoms with Gasteiger partial charge in [-0.05, 0) is 68.1 Å². The third kappa shape index (κ3) is 4.83. The third-order valence-corrected chi connectivity index (χ3v) is 4.80. The normalized spacial score (nSPS) is 11.9. The molecule has 23 heavy (non-hydrogen) atoms. The molecule has 3 nitrogen and oxygen atoms in total. The van der Waals surface area contributed by atoms with E-state index in [9.17, 15) is 4.79 Å². The molecule has 2 aromatic carbocycles. The summed E-state index contributed by atoms with van der Waals surface area (Å²) in [6.45, 7) is 8.13. The van der Waals surface area contributed by atoms with Crippen molar-refractivity contribution in [2.75, 3.05) is 6.61 Å². The van der Waals surface area contributed by atoms with Crippen LogP contribution in [0.15, 0.2) is 40.9 Å². The van der Waals surface area contributed by atoms with Crippen LogP contribution in [0.2, 0.25) is 0 Å². The fraction of sp³-hybridized carbons (Fsp3) is 0.316. The van der Waals surface area contributed by atoms with Crippen LogP contribution in [-0.2, 0) is 4.79 Å². The third-order valence-electron chi connectivity index (χ3n) is 3.91. The number of rotatable bonds is 5. The minimum Gasteiger partial charge on any atom is -0.484 e. The van der Waals surface area contributed by atoms with E-state index < -0.39 is 0 Å². The van der Waals surface area contributed by atoms with Crippen LogP contribution >= 0.6 is 15.9 Å². The number of hydrogen-bond acceptors (Lipinski definition) is 2. The van der Waals surface area contributed by atoms with Crippen molar-refractivity contribution in [1.29, 1.82) is 0 Å². The zero-order valence-electron chi connectivity index (χ0n) is 13.9. The largest absolute Gasteiger partial charge is 0.484 e. The van der Waals surface area contributed by atoms with Crippen molar-refractivity contribution in [1.82, 2.24) is 5.32 Å². The van der Waals surface area contributed by atoms with Gasteiger partial charge in [-0.15, -0.1) is 0 Å². The molecule has 0 fully saturated rings. The fourth-order valence-electron chi connectivity index (χ4n) is 2.26. The van der Waals surface area contributed by atoms with E-state index in [0.29, 0.717) is 5.75 Å². The summed E-state index contributed by atoms with van der Waals surface area (Å²) in [6.07, 6.45) is 0. The smallest absolute Gasteiger partial charge is 0.258 e. The number of benzene rings is 2. The van der Waals surface area contributed by atoms with Crippen LogP contribution in [0.25, 0.3) is 0 Å². The van der Waals surface area contributed by atoms with Gasteiger partial charge in [-0.2, -0.15) is 0 Å². The van der Waals surface area contributed by atoms with Crippen molar-refractivity contribution in [2.24, 2.45) is 0 Å². The van der Waals surface area contributed by atoms with Gasteiger partial charge < -0.3 is 10.1 Å². The highest BCUT2D eigenvalue weighted by Gasteiger charge is 2.11. The van der Waals surface area contributed by atoms with Crippen molar-refractivity contribution < 1.29 is 9.53 Å². The topological polar surface area (TPSA) is 38.3 Å². The molecule has 1 unspecified atom stereocenters. The summed E-state index contributed by atoms with van der Waals surface area (Å²) in [5.74, 6) is 0.566. The molecule has 4 heteroatoms. The Morgan fingerprint density at radius 3 is 2.48 bits per heavy atom. The lowest BCUT2D eigenvalue weighted by Crippen LogP contribution is -2.31. The number of carbonyl (C=O) groups excluding carboxylic acids is 1. The van der Waals surface area contributed by atoms with Gasteiger partial charge in [-0.1, -0.05) is 34.1 Å². The van der Waals surface area contributed by atoms with Crippen molar-refractivity contribution in [3.63, 3.8) is 0 Å². The maximum Gasteiger partial charge on any atom is 0.258 e. The fourth-order valence-corrected chi connectivity index (χ4v) is 2.50. The van der Waals surface area contributed by atoms with E-state index in [-0.39, 0.29) is 18.6 Å². The molecule has 2 rings (SSSR count). The summed E-state index contributed by atoms with van der Waals surface area (Å²) >= 11 is 3.44. The molecule has 1 N–H and O–H groups in total. The van der Waals surface area contributed by atoms with Crippen LogP contribution < -0.4 is 10.1 Å². The van der Waals surface area contributed by atoms with Crippen molar-refractivity contribution in [3.05, 3.63) is 63.1 Å². The Balaban J connectivity index is 1.90. The zero-order valence-corrected chi connectivity index (χ0v) is 15.5. The number of ether oxygens (including phenoxy) is 1. The van der Waals surface area contributed by atoms with E-state index in [4.69, 9.17) is 4.74 Å². The molecule has 1 amide bonds. The van der Waals surface area contributed by atoms with E-state index >= 15 is 0 Å². The van der Waals surface area contributed by atoms with Crippen LogP contribution in [0.5, 0.6) is 5.75 Å². The zero-order chi connectivity index (χ0) is 17.0. The summed E-state index contributed by atoms with van der Waals surface area (Å²) in [7, 11) is 0. The van der Waals surface area contributed by atoms with Crippen LogP contribution in [-0.4, -0.2) is 12.5 Å². The van der Waals surface area contributed by atoms with Crippen LogP contribution in [0, 0.1) is 20.8 Å². The predicted molar refractivity (Wildman–Crippen MR) is 96.8 cm³/mol. The second kappa shape index (κ2) is 7.64. The molecule has 0 aliphatic heterocycles. The average Bonchev–Trinajstić information content (AvgIpc) is 2.51. The molecule has 122 valence electrons. The van der Waals surface area contributed by atoms with Gasteiger partial charge in [0, 0.05) is 4.47 Å². The standard InChI is InChI=1S/C19H22BrNO2/c1-12-5-6-16(9-13(12)2)15(4)21-19(22)11-23-17-7-8-18(20)14(3)10-17/h5-10,15H,11H2,1-4H3,(H,21,22). The van der Waals surface area contributed by atoms with Gasteiger partial charge in [-0.25, -0.2) is 0 Å². The number of nitrogens with one attached hydrogen (secondary N) is 1. The molecule has 0 bridgehead atoms. The number of carbonyl (C=O) groups is 1. The molecule has 1 atom stereocenters. The number of amides is 1. The summed E-state index contributed by atoms with van der Waals surface area (Å²) in [6, 6.07) is 11.9. The molecule has 0 spiro atoms. The molecule has 0 radical (unpaired) electrons. The Morgan fingerprint density at radius 1 is 1.09 bits per heavy atom. The lowest BCUT2D eigenvalue weighted by Gasteiger charge is -2.16. The molecule has 0 aromatic heterocycles. The van der Waals surface area contributed by atoms with E-state index in [0.717, 1.165) is 15.6 Å². The molecular weight excluding hydrogens is 354 g/mol. The summed E-state index contributed by atoms with van der Waals surface area (Å²) < 4.78 is 6.58. The van der Waals surface area contributed by atoms with Gasteiger partial charge in [-0.3, -0.25) is 4.79 Å². The minimum atomic E-state index is -0.128. The molecule has 0 aliphatic rings. The molecule has 0 aliphatic carbocycles. The molecule has 0 heterocycles. The maximum atomic E-state index is 12.1. The van der Waals surface area contributed by atoms with E-state index in [1.54, 1.807) is 0 Å². The first-order chi connectivity index (χ1) is 10.9. The van der Waals surface area contributed by atoms with Crippen molar-refractivity contribution >= 4 is 21.8 Å². The van der Waals surface area contributed by atoms with E-state index in [1.807, 2.05) is 38.1 Å². The SMILES string of the molecule is Cc1ccc(C(C)NC(=O)COc2ccc(Br)c(C)c2)cc1C. The van der Waals surface area contributed by atoms with Crippen LogP contribution in [0.4, 0.5) is 0 Å². The van der Waals surface area contributed by atoms with Gasteiger partial charge in [0.25, 0.3) is 5.91 Å². The van der Waals surface area contributed by atoms with E-state index in [2.05, 4.69) is 47.2 Å². The van der Waals surface area contributed by atoms with Crippen LogP contribution in [0.1, 0.15) is 35.2 Å². The molecule has 2 aromatic rings. The second-order valence-corrected chi connectivity index (χ2v) is 6.69. The van der Waals surface area contributed by atoms with Gasteiger partial charge in [0.05, 0.1) is 6.04 Å². The number of halogens is 1. The van der Waals surface area contributed by atoms with Gasteiger partial charge >= 0.3 is 0 Å². The first kappa shape index (κ1) is 17.5. The minimum absolute atomic E-state index is 0.0102. The maximum absolute atomic E-state index is 12.1. The highest BCUT2D eigenvalue weighted by Crippen LogP contribution is 2.21. The monoisotopic (exact) mass is 375 g/mol. The summed E-state index contributed by atoms with van der Waals surface area (Å²) in [4.78, 5) is 12.1. The molecular formula is C19H22BrNO2. The highest BCUT2D eigenvalue weighted by molar-refractivity contribution is 9.10. The summed E-state index contributed by atoms with van der Waals surface area (Å²) in [5, 5.41) is 2.97. The first-order valence-corrected chi connectivity index (χ1v) is 8.41. The van der Waals surface area contributed by atoms with Crippen molar-refractivity contribution in [2.45, 2.75) is 33.7 Å². The molecule has 0 saturated heterocycles. The Labute approximate surface area is 146 Å². The van der Waals surface area contributed by atoms with Gasteiger partial charge in [0.15, 0.2) is 6.61 Å². The number of aryl methyl sites for hydroxylation is 3. The lowest BCUT2D eigenvalue weighted by atomic mass is 10.0. The van der Waals surface area contributed by atoms with Gasteiger partial charge in [0.2, 0.25) is 0 Å².